The number of carbonyl (C=O) groups excluding carboxylic acids is 2. The average molecular weight is 323 g/mol. The molecule has 0 saturated carbocycles. The lowest BCUT2D eigenvalue weighted by atomic mass is 10.1. The van der Waals surface area contributed by atoms with Crippen molar-refractivity contribution in [2.24, 2.45) is 0 Å². The Morgan fingerprint density at radius 2 is 1.79 bits per heavy atom. The molecule has 1 N–H and O–H groups in total. The van der Waals surface area contributed by atoms with Gasteiger partial charge in [-0.1, -0.05) is 18.2 Å². The Balaban J connectivity index is 1.67. The van der Waals surface area contributed by atoms with E-state index >= 15 is 0 Å². The van der Waals surface area contributed by atoms with Crippen LogP contribution in [-0.4, -0.2) is 34.5 Å². The summed E-state index contributed by atoms with van der Waals surface area (Å²) in [5.41, 5.74) is 2.47. The zero-order valence-corrected chi connectivity index (χ0v) is 13.2. The number of hydrogen-bond acceptors (Lipinski definition) is 4. The highest BCUT2D eigenvalue weighted by Crippen LogP contribution is 2.39. The molecule has 5 heteroatoms. The van der Waals surface area contributed by atoms with Crippen LogP contribution in [-0.2, 0) is 6.42 Å². The minimum absolute atomic E-state index is 0.336. The summed E-state index contributed by atoms with van der Waals surface area (Å²) in [7, 11) is 0. The zero-order valence-electron chi connectivity index (χ0n) is 13.2. The molecule has 1 heterocycles. The number of amides is 2. The van der Waals surface area contributed by atoms with Crippen LogP contribution in [0, 0.1) is 0 Å². The predicted molar refractivity (Wildman–Crippen MR) is 87.0 cm³/mol. The Morgan fingerprint density at radius 3 is 2.42 bits per heavy atom. The maximum Gasteiger partial charge on any atom is 0.261 e. The second kappa shape index (κ2) is 5.46. The van der Waals surface area contributed by atoms with Gasteiger partial charge in [-0.3, -0.25) is 14.5 Å². The van der Waals surface area contributed by atoms with Crippen molar-refractivity contribution in [2.45, 2.75) is 25.5 Å². The van der Waals surface area contributed by atoms with Crippen LogP contribution in [0.15, 0.2) is 42.5 Å². The van der Waals surface area contributed by atoms with E-state index in [1.54, 1.807) is 30.3 Å². The molecular weight excluding hydrogens is 306 g/mol. The van der Waals surface area contributed by atoms with Gasteiger partial charge in [0.05, 0.1) is 23.8 Å². The molecule has 2 aromatic carbocycles. The van der Waals surface area contributed by atoms with Crippen LogP contribution in [0.1, 0.15) is 44.9 Å². The predicted octanol–water partition coefficient (Wildman–Crippen LogP) is 2.34. The number of fused-ring (bicyclic) bond motifs is 2. The summed E-state index contributed by atoms with van der Waals surface area (Å²) < 4.78 is 5.47. The molecule has 1 aliphatic heterocycles. The smallest absolute Gasteiger partial charge is 0.261 e. The van der Waals surface area contributed by atoms with Crippen molar-refractivity contribution < 1.29 is 19.4 Å². The van der Waals surface area contributed by atoms with Gasteiger partial charge in [-0.2, -0.15) is 0 Å². The molecule has 4 rings (SSSR count). The van der Waals surface area contributed by atoms with Gasteiger partial charge in [0.1, 0.15) is 11.9 Å². The van der Waals surface area contributed by atoms with Crippen LogP contribution in [0.5, 0.6) is 5.75 Å². The maximum atomic E-state index is 12.6. The molecule has 0 aromatic heterocycles. The first kappa shape index (κ1) is 14.9. The van der Waals surface area contributed by atoms with Gasteiger partial charge in [-0.25, -0.2) is 0 Å². The lowest BCUT2D eigenvalue weighted by molar-refractivity contribution is 0.0383. The van der Waals surface area contributed by atoms with Crippen LogP contribution in [0.2, 0.25) is 0 Å². The quantitative estimate of drug-likeness (QED) is 0.881. The Labute approximate surface area is 139 Å². The van der Waals surface area contributed by atoms with Crippen molar-refractivity contribution in [3.8, 4) is 5.75 Å². The topological polar surface area (TPSA) is 66.8 Å². The average Bonchev–Trinajstić information content (AvgIpc) is 3.04. The van der Waals surface area contributed by atoms with Gasteiger partial charge in [0.15, 0.2) is 0 Å². The second-order valence-corrected chi connectivity index (χ2v) is 6.04. The molecule has 122 valence electrons. The summed E-state index contributed by atoms with van der Waals surface area (Å²) in [5, 5.41) is 10.7. The molecule has 0 radical (unpaired) electrons. The fourth-order valence-corrected chi connectivity index (χ4v) is 3.58. The van der Waals surface area contributed by atoms with E-state index in [9.17, 15) is 14.7 Å². The van der Waals surface area contributed by atoms with Crippen molar-refractivity contribution in [3.63, 3.8) is 0 Å². The van der Waals surface area contributed by atoms with E-state index in [0.29, 0.717) is 29.9 Å². The van der Waals surface area contributed by atoms with Gasteiger partial charge in [-0.05, 0) is 48.7 Å². The van der Waals surface area contributed by atoms with E-state index in [2.05, 4.69) is 0 Å². The third-order valence-corrected chi connectivity index (χ3v) is 4.70. The van der Waals surface area contributed by atoms with Crippen LogP contribution in [0.3, 0.4) is 0 Å². The number of benzene rings is 2. The number of aliphatic hydroxyl groups excluding tert-OH is 1. The monoisotopic (exact) mass is 323 g/mol. The molecule has 1 aliphatic carbocycles. The largest absolute Gasteiger partial charge is 0.494 e. The molecule has 0 saturated heterocycles. The molecule has 0 spiro atoms. The van der Waals surface area contributed by atoms with Crippen LogP contribution in [0.4, 0.5) is 0 Å². The summed E-state index contributed by atoms with van der Waals surface area (Å²) >= 11 is 0. The van der Waals surface area contributed by atoms with Gasteiger partial charge in [0.2, 0.25) is 0 Å². The normalized spacial score (nSPS) is 21.8. The van der Waals surface area contributed by atoms with E-state index < -0.39 is 12.1 Å². The number of hydrogen-bond donors (Lipinski definition) is 1. The van der Waals surface area contributed by atoms with Crippen molar-refractivity contribution >= 4 is 11.8 Å². The second-order valence-electron chi connectivity index (χ2n) is 6.04. The summed E-state index contributed by atoms with van der Waals surface area (Å²) in [6.07, 6.45) is -0.448. The minimum Gasteiger partial charge on any atom is -0.494 e. The number of aliphatic hydroxyl groups is 1. The van der Waals surface area contributed by atoms with Crippen molar-refractivity contribution in [2.75, 3.05) is 6.61 Å². The summed E-state index contributed by atoms with van der Waals surface area (Å²) in [5.74, 6) is 0.00767. The van der Waals surface area contributed by atoms with E-state index in [-0.39, 0.29) is 11.8 Å². The number of imide groups is 1. The molecule has 0 fully saturated rings. The maximum absolute atomic E-state index is 12.6. The fourth-order valence-electron chi connectivity index (χ4n) is 3.58. The van der Waals surface area contributed by atoms with Gasteiger partial charge < -0.3 is 9.84 Å². The first-order chi connectivity index (χ1) is 11.6. The Bertz CT molecular complexity index is 810. The molecule has 2 aromatic rings. The Morgan fingerprint density at radius 1 is 1.12 bits per heavy atom. The van der Waals surface area contributed by atoms with Crippen LogP contribution >= 0.6 is 0 Å². The molecule has 24 heavy (non-hydrogen) atoms. The van der Waals surface area contributed by atoms with Crippen LogP contribution in [0.25, 0.3) is 0 Å². The van der Waals surface area contributed by atoms with Gasteiger partial charge >= 0.3 is 0 Å². The lowest BCUT2D eigenvalue weighted by Crippen LogP contribution is -2.42. The summed E-state index contributed by atoms with van der Waals surface area (Å²) in [6, 6.07) is 11.7. The Kier molecular flexibility index (Phi) is 3.39. The SMILES string of the molecule is CCOc1ccc2c(c1)[C@H](O)[C@@H](N1C(=O)c3ccccc3C1=O)C2. The molecular formula is C19H17NO4. The highest BCUT2D eigenvalue weighted by Gasteiger charge is 2.45. The zero-order chi connectivity index (χ0) is 16.8. The fraction of sp³-hybridized carbons (Fsp3) is 0.263. The lowest BCUT2D eigenvalue weighted by Gasteiger charge is -2.25. The third kappa shape index (κ3) is 2.05. The first-order valence-electron chi connectivity index (χ1n) is 8.02. The highest BCUT2D eigenvalue weighted by molar-refractivity contribution is 6.21. The molecule has 2 aliphatic rings. The molecule has 2 amide bonds. The number of carbonyl (C=O) groups is 2. The van der Waals surface area contributed by atoms with Gasteiger partial charge in [0, 0.05) is 0 Å². The third-order valence-electron chi connectivity index (χ3n) is 4.70. The summed E-state index contributed by atoms with van der Waals surface area (Å²) in [6.45, 7) is 2.43. The number of nitrogens with zero attached hydrogens (tertiary/aromatic N) is 1. The molecule has 5 nitrogen and oxygen atoms in total. The first-order valence-corrected chi connectivity index (χ1v) is 8.02. The molecule has 0 bridgehead atoms. The van der Waals surface area contributed by atoms with Crippen LogP contribution < -0.4 is 4.74 Å². The van der Waals surface area contributed by atoms with E-state index in [4.69, 9.17) is 4.74 Å². The van der Waals surface area contributed by atoms with Gasteiger partial charge in [0.25, 0.3) is 11.8 Å². The number of rotatable bonds is 3. The van der Waals surface area contributed by atoms with Crippen molar-refractivity contribution in [1.29, 1.82) is 0 Å². The number of ether oxygens (including phenoxy) is 1. The van der Waals surface area contributed by atoms with Crippen molar-refractivity contribution in [3.05, 3.63) is 64.7 Å². The summed E-state index contributed by atoms with van der Waals surface area (Å²) in [4.78, 5) is 26.5. The minimum atomic E-state index is -0.900. The van der Waals surface area contributed by atoms with Gasteiger partial charge in [-0.15, -0.1) is 0 Å². The standard InChI is InChI=1S/C19H17NO4/c1-2-24-12-8-7-11-9-16(17(21)15(11)10-12)20-18(22)13-5-3-4-6-14(13)19(20)23/h3-8,10,16-17,21H,2,9H2,1H3/t16-,17-/m0/s1. The van der Waals surface area contributed by atoms with E-state index in [1.165, 1.54) is 4.90 Å². The molecule has 2 atom stereocenters. The highest BCUT2D eigenvalue weighted by atomic mass is 16.5. The van der Waals surface area contributed by atoms with E-state index in [0.717, 1.165) is 11.1 Å². The van der Waals surface area contributed by atoms with E-state index in [1.807, 2.05) is 19.1 Å². The Hall–Kier alpha value is -2.66. The van der Waals surface area contributed by atoms with Crippen molar-refractivity contribution in [1.82, 2.24) is 4.90 Å². The molecule has 0 unspecified atom stereocenters.